The van der Waals surface area contributed by atoms with E-state index in [4.69, 9.17) is 11.5 Å². The summed E-state index contributed by atoms with van der Waals surface area (Å²) in [6.07, 6.45) is 3.06. The number of unbranched alkanes of at least 4 members (excludes halogenated alkanes) is 1. The number of hydrogen-bond acceptors (Lipinski definition) is 3. The minimum atomic E-state index is -1.90. The molecular formula is C8H22N2OSi. The largest absolute Gasteiger partial charge is 0.432 e. The zero-order valence-corrected chi connectivity index (χ0v) is 9.05. The zero-order chi connectivity index (χ0) is 9.45. The standard InChI is InChI=1S/C8H22N2OSi/c1-12(11,8-4-6-10)7-3-2-5-9/h11H,2-10H2,1H3. The van der Waals surface area contributed by atoms with E-state index in [1.807, 2.05) is 6.55 Å². The van der Waals surface area contributed by atoms with Gasteiger partial charge in [-0.05, 0) is 44.6 Å². The van der Waals surface area contributed by atoms with E-state index in [1.165, 1.54) is 0 Å². The summed E-state index contributed by atoms with van der Waals surface area (Å²) in [5, 5.41) is 0. The molecule has 1 atom stereocenters. The predicted octanol–water partition coefficient (Wildman–Crippen LogP) is 0.642. The Morgan fingerprint density at radius 2 is 1.50 bits per heavy atom. The lowest BCUT2D eigenvalue weighted by atomic mass is 10.3. The molecule has 0 spiro atoms. The molecule has 5 N–H and O–H groups in total. The van der Waals surface area contributed by atoms with Crippen LogP contribution in [-0.2, 0) is 0 Å². The van der Waals surface area contributed by atoms with E-state index >= 15 is 0 Å². The Labute approximate surface area is 76.3 Å². The Kier molecular flexibility index (Phi) is 6.65. The highest BCUT2D eigenvalue weighted by Gasteiger charge is 2.22. The van der Waals surface area contributed by atoms with Crippen molar-refractivity contribution in [3.8, 4) is 0 Å². The fourth-order valence-corrected chi connectivity index (χ4v) is 3.49. The van der Waals surface area contributed by atoms with E-state index in [1.54, 1.807) is 0 Å². The summed E-state index contributed by atoms with van der Waals surface area (Å²) in [4.78, 5) is 9.91. The first-order valence-electron chi connectivity index (χ1n) is 4.75. The van der Waals surface area contributed by atoms with Crippen molar-refractivity contribution in [3.05, 3.63) is 0 Å². The summed E-state index contributed by atoms with van der Waals surface area (Å²) in [5.74, 6) is 0. The average Bonchev–Trinajstić information content (AvgIpc) is 2.01. The van der Waals surface area contributed by atoms with Gasteiger partial charge < -0.3 is 16.3 Å². The molecule has 1 unspecified atom stereocenters. The quantitative estimate of drug-likeness (QED) is 0.407. The molecule has 0 aromatic heterocycles. The molecule has 0 radical (unpaired) electrons. The summed E-state index contributed by atoms with van der Waals surface area (Å²) in [7, 11) is -1.90. The molecule has 0 saturated heterocycles. The lowest BCUT2D eigenvalue weighted by Crippen LogP contribution is -2.30. The van der Waals surface area contributed by atoms with Crippen molar-refractivity contribution in [1.82, 2.24) is 0 Å². The fraction of sp³-hybridized carbons (Fsp3) is 1.00. The van der Waals surface area contributed by atoms with Gasteiger partial charge in [-0.25, -0.2) is 0 Å². The maximum atomic E-state index is 9.91. The molecule has 12 heavy (non-hydrogen) atoms. The number of rotatable bonds is 7. The first kappa shape index (κ1) is 12.1. The molecule has 0 rings (SSSR count). The molecule has 0 aliphatic heterocycles. The van der Waals surface area contributed by atoms with Gasteiger partial charge in [-0.2, -0.15) is 0 Å². The van der Waals surface area contributed by atoms with E-state index in [2.05, 4.69) is 0 Å². The Morgan fingerprint density at radius 3 is 2.00 bits per heavy atom. The third-order valence-corrected chi connectivity index (χ3v) is 4.95. The summed E-state index contributed by atoms with van der Waals surface area (Å²) in [6, 6.07) is 1.91. The minimum Gasteiger partial charge on any atom is -0.432 e. The van der Waals surface area contributed by atoms with Crippen LogP contribution in [0, 0.1) is 0 Å². The maximum Gasteiger partial charge on any atom is 0.185 e. The van der Waals surface area contributed by atoms with Gasteiger partial charge in [0.1, 0.15) is 0 Å². The van der Waals surface area contributed by atoms with Crippen LogP contribution in [0.3, 0.4) is 0 Å². The van der Waals surface area contributed by atoms with Crippen molar-refractivity contribution in [1.29, 1.82) is 0 Å². The average molecular weight is 190 g/mol. The van der Waals surface area contributed by atoms with E-state index in [0.717, 1.165) is 37.9 Å². The minimum absolute atomic E-state index is 0.694. The van der Waals surface area contributed by atoms with Crippen molar-refractivity contribution in [2.24, 2.45) is 11.5 Å². The second kappa shape index (κ2) is 6.60. The van der Waals surface area contributed by atoms with Crippen LogP contribution in [0.25, 0.3) is 0 Å². The highest BCUT2D eigenvalue weighted by Crippen LogP contribution is 2.16. The van der Waals surface area contributed by atoms with Crippen molar-refractivity contribution in [2.45, 2.75) is 37.9 Å². The second-order valence-corrected chi connectivity index (χ2v) is 7.63. The first-order chi connectivity index (χ1) is 5.62. The van der Waals surface area contributed by atoms with Crippen LogP contribution in [0.15, 0.2) is 0 Å². The van der Waals surface area contributed by atoms with Crippen LogP contribution in [-0.4, -0.2) is 26.2 Å². The van der Waals surface area contributed by atoms with Gasteiger partial charge in [0.25, 0.3) is 0 Å². The van der Waals surface area contributed by atoms with Crippen molar-refractivity contribution < 1.29 is 4.80 Å². The van der Waals surface area contributed by atoms with Gasteiger partial charge in [0.2, 0.25) is 0 Å². The van der Waals surface area contributed by atoms with Crippen LogP contribution < -0.4 is 11.5 Å². The maximum absolute atomic E-state index is 9.91. The summed E-state index contributed by atoms with van der Waals surface area (Å²) in [5.41, 5.74) is 10.8. The van der Waals surface area contributed by atoms with Gasteiger partial charge >= 0.3 is 0 Å². The normalized spacial score (nSPS) is 16.0. The Bertz CT molecular complexity index is 109. The molecule has 0 aromatic carbocycles. The van der Waals surface area contributed by atoms with Gasteiger partial charge in [0.15, 0.2) is 8.32 Å². The Hall–Kier alpha value is 0.0969. The summed E-state index contributed by atoms with van der Waals surface area (Å²) < 4.78 is 0. The van der Waals surface area contributed by atoms with Crippen LogP contribution in [0.1, 0.15) is 19.3 Å². The molecule has 0 aliphatic carbocycles. The highest BCUT2D eigenvalue weighted by atomic mass is 28.4. The molecule has 0 bridgehead atoms. The molecule has 0 heterocycles. The highest BCUT2D eigenvalue weighted by molar-refractivity contribution is 6.71. The van der Waals surface area contributed by atoms with E-state index in [0.29, 0.717) is 6.54 Å². The molecular weight excluding hydrogens is 168 g/mol. The van der Waals surface area contributed by atoms with Crippen LogP contribution >= 0.6 is 0 Å². The van der Waals surface area contributed by atoms with Crippen molar-refractivity contribution in [2.75, 3.05) is 13.1 Å². The van der Waals surface area contributed by atoms with E-state index in [9.17, 15) is 4.80 Å². The summed E-state index contributed by atoms with van der Waals surface area (Å²) in [6.45, 7) is 3.45. The van der Waals surface area contributed by atoms with Crippen LogP contribution in [0.2, 0.25) is 18.6 Å². The molecule has 74 valence electrons. The second-order valence-electron chi connectivity index (χ2n) is 3.63. The zero-order valence-electron chi connectivity index (χ0n) is 8.05. The van der Waals surface area contributed by atoms with Gasteiger partial charge in [0, 0.05) is 0 Å². The summed E-state index contributed by atoms with van der Waals surface area (Å²) >= 11 is 0. The topological polar surface area (TPSA) is 72.3 Å². The van der Waals surface area contributed by atoms with E-state index < -0.39 is 8.32 Å². The van der Waals surface area contributed by atoms with Gasteiger partial charge in [0.05, 0.1) is 0 Å². The fourth-order valence-electron chi connectivity index (χ4n) is 1.26. The molecule has 0 saturated carbocycles. The lowest BCUT2D eigenvalue weighted by Gasteiger charge is -2.19. The molecule has 3 nitrogen and oxygen atoms in total. The monoisotopic (exact) mass is 190 g/mol. The number of hydrogen-bond donors (Lipinski definition) is 3. The van der Waals surface area contributed by atoms with Gasteiger partial charge in [-0.3, -0.25) is 0 Å². The van der Waals surface area contributed by atoms with Crippen LogP contribution in [0.5, 0.6) is 0 Å². The lowest BCUT2D eigenvalue weighted by molar-refractivity contribution is 0.525. The van der Waals surface area contributed by atoms with Gasteiger partial charge in [-0.15, -0.1) is 0 Å². The first-order valence-corrected chi connectivity index (χ1v) is 7.61. The predicted molar refractivity (Wildman–Crippen MR) is 55.4 cm³/mol. The van der Waals surface area contributed by atoms with Gasteiger partial charge in [-0.1, -0.05) is 6.42 Å². The molecule has 0 amide bonds. The van der Waals surface area contributed by atoms with Crippen LogP contribution in [0.4, 0.5) is 0 Å². The smallest absolute Gasteiger partial charge is 0.185 e. The number of nitrogens with two attached hydrogens (primary N) is 2. The Balaban J connectivity index is 3.42. The third-order valence-electron chi connectivity index (χ3n) is 2.09. The van der Waals surface area contributed by atoms with E-state index in [-0.39, 0.29) is 0 Å². The van der Waals surface area contributed by atoms with Crippen molar-refractivity contribution in [3.63, 3.8) is 0 Å². The molecule has 0 aliphatic rings. The molecule has 4 heteroatoms. The van der Waals surface area contributed by atoms with Crippen molar-refractivity contribution >= 4 is 8.32 Å². The molecule has 0 fully saturated rings. The third kappa shape index (κ3) is 6.79. The molecule has 0 aromatic rings. The SMILES string of the molecule is C[Si](O)(CCCN)CCCCN. The Morgan fingerprint density at radius 1 is 1.00 bits per heavy atom.